The van der Waals surface area contributed by atoms with Crippen molar-refractivity contribution in [3.05, 3.63) is 58.6 Å². The monoisotopic (exact) mass is 432 g/mol. The highest BCUT2D eigenvalue weighted by Crippen LogP contribution is 2.34. The first-order valence-corrected chi connectivity index (χ1v) is 10.2. The molecule has 28 heavy (non-hydrogen) atoms. The molecule has 5 nitrogen and oxygen atoms in total. The van der Waals surface area contributed by atoms with Gasteiger partial charge in [-0.15, -0.1) is 0 Å². The summed E-state index contributed by atoms with van der Waals surface area (Å²) >= 11 is 5.88. The maximum Gasteiger partial charge on any atom is 0.416 e. The van der Waals surface area contributed by atoms with E-state index < -0.39 is 27.7 Å². The SMILES string of the molecule is O=C(Nc1cc(C(F)(F)F)ccc1Cl)c1cccc(S(=O)(=O)N2CCCC2)c1. The zero-order valence-electron chi connectivity index (χ0n) is 14.5. The predicted molar refractivity (Wildman–Crippen MR) is 98.8 cm³/mol. The molecule has 1 saturated heterocycles. The molecule has 2 aromatic carbocycles. The summed E-state index contributed by atoms with van der Waals surface area (Å²) in [6.07, 6.45) is -3.05. The molecule has 0 radical (unpaired) electrons. The van der Waals surface area contributed by atoms with Crippen LogP contribution in [0.3, 0.4) is 0 Å². The Morgan fingerprint density at radius 1 is 1.07 bits per heavy atom. The average molecular weight is 433 g/mol. The van der Waals surface area contributed by atoms with E-state index in [1.807, 2.05) is 0 Å². The molecule has 0 aliphatic carbocycles. The van der Waals surface area contributed by atoms with Gasteiger partial charge in [-0.2, -0.15) is 17.5 Å². The molecule has 1 aliphatic heterocycles. The van der Waals surface area contributed by atoms with Crippen LogP contribution < -0.4 is 5.32 Å². The molecule has 0 atom stereocenters. The Hall–Kier alpha value is -2.10. The predicted octanol–water partition coefficient (Wildman–Crippen LogP) is 4.40. The van der Waals surface area contributed by atoms with Crippen LogP contribution in [0.15, 0.2) is 47.4 Å². The first-order chi connectivity index (χ1) is 13.1. The number of alkyl halides is 3. The molecule has 1 N–H and O–H groups in total. The summed E-state index contributed by atoms with van der Waals surface area (Å²) in [7, 11) is -3.72. The Labute approximate surface area is 165 Å². The molecular formula is C18H16ClF3N2O3S. The van der Waals surface area contributed by atoms with Crippen LogP contribution in [0.25, 0.3) is 0 Å². The van der Waals surface area contributed by atoms with E-state index in [1.54, 1.807) is 0 Å². The van der Waals surface area contributed by atoms with Crippen LogP contribution in [-0.4, -0.2) is 31.7 Å². The molecule has 2 aromatic rings. The summed E-state index contributed by atoms with van der Waals surface area (Å²) in [5, 5.41) is 2.24. The molecule has 0 spiro atoms. The minimum absolute atomic E-state index is 0.00579. The third-order valence-corrected chi connectivity index (χ3v) is 6.57. The highest BCUT2D eigenvalue weighted by molar-refractivity contribution is 7.89. The molecule has 1 fully saturated rings. The Morgan fingerprint density at radius 3 is 2.39 bits per heavy atom. The Balaban J connectivity index is 1.86. The fraction of sp³-hybridized carbons (Fsp3) is 0.278. The van der Waals surface area contributed by atoms with E-state index in [4.69, 9.17) is 11.6 Å². The number of nitrogens with zero attached hydrogens (tertiary/aromatic N) is 1. The van der Waals surface area contributed by atoms with Crippen molar-refractivity contribution in [2.45, 2.75) is 23.9 Å². The summed E-state index contributed by atoms with van der Waals surface area (Å²) in [6.45, 7) is 0.831. The topological polar surface area (TPSA) is 66.5 Å². The average Bonchev–Trinajstić information content (AvgIpc) is 3.18. The van der Waals surface area contributed by atoms with Crippen LogP contribution in [0, 0.1) is 0 Å². The molecule has 10 heteroatoms. The molecule has 0 aromatic heterocycles. The number of rotatable bonds is 4. The van der Waals surface area contributed by atoms with Gasteiger partial charge in [-0.25, -0.2) is 8.42 Å². The summed E-state index contributed by atoms with van der Waals surface area (Å²) in [4.78, 5) is 12.4. The normalized spacial score (nSPS) is 15.6. The first-order valence-electron chi connectivity index (χ1n) is 8.37. The van der Waals surface area contributed by atoms with Crippen LogP contribution in [0.5, 0.6) is 0 Å². The van der Waals surface area contributed by atoms with Gasteiger partial charge in [-0.05, 0) is 49.2 Å². The van der Waals surface area contributed by atoms with E-state index >= 15 is 0 Å². The van der Waals surface area contributed by atoms with Gasteiger partial charge < -0.3 is 5.32 Å². The number of hydrogen-bond acceptors (Lipinski definition) is 3. The second kappa shape index (κ2) is 7.73. The van der Waals surface area contributed by atoms with E-state index in [9.17, 15) is 26.4 Å². The van der Waals surface area contributed by atoms with E-state index in [0.717, 1.165) is 31.0 Å². The quantitative estimate of drug-likeness (QED) is 0.779. The number of halogens is 4. The molecule has 1 heterocycles. The Bertz CT molecular complexity index is 1000. The van der Waals surface area contributed by atoms with Gasteiger partial charge in [0, 0.05) is 18.7 Å². The number of sulfonamides is 1. The molecule has 150 valence electrons. The first kappa shape index (κ1) is 20.6. The van der Waals surface area contributed by atoms with Crippen LogP contribution in [-0.2, 0) is 16.2 Å². The highest BCUT2D eigenvalue weighted by Gasteiger charge is 2.31. The fourth-order valence-electron chi connectivity index (χ4n) is 2.87. The van der Waals surface area contributed by atoms with Gasteiger partial charge in [0.05, 0.1) is 21.2 Å². The molecule has 1 aliphatic rings. The molecular weight excluding hydrogens is 417 g/mol. The Kier molecular flexibility index (Phi) is 5.69. The second-order valence-electron chi connectivity index (χ2n) is 6.29. The zero-order chi connectivity index (χ0) is 20.5. The smallest absolute Gasteiger partial charge is 0.321 e. The van der Waals surface area contributed by atoms with Gasteiger partial charge in [0.1, 0.15) is 0 Å². The lowest BCUT2D eigenvalue weighted by Crippen LogP contribution is -2.28. The van der Waals surface area contributed by atoms with Gasteiger partial charge >= 0.3 is 6.18 Å². The zero-order valence-corrected chi connectivity index (χ0v) is 16.0. The number of anilines is 1. The highest BCUT2D eigenvalue weighted by atomic mass is 35.5. The number of carbonyl (C=O) groups excluding carboxylic acids is 1. The van der Waals surface area contributed by atoms with Crippen molar-refractivity contribution < 1.29 is 26.4 Å². The minimum Gasteiger partial charge on any atom is -0.321 e. The number of hydrogen-bond donors (Lipinski definition) is 1. The standard InChI is InChI=1S/C18H16ClF3N2O3S/c19-15-7-6-13(18(20,21)22)11-16(15)23-17(25)12-4-3-5-14(10-12)28(26,27)24-8-1-2-9-24/h3-7,10-11H,1-2,8-9H2,(H,23,25). The number of benzene rings is 2. The number of nitrogens with one attached hydrogen (secondary N) is 1. The van der Waals surface area contributed by atoms with Crippen molar-refractivity contribution in [3.63, 3.8) is 0 Å². The van der Waals surface area contributed by atoms with E-state index in [1.165, 1.54) is 28.6 Å². The summed E-state index contributed by atoms with van der Waals surface area (Å²) in [6, 6.07) is 7.93. The molecule has 0 saturated carbocycles. The van der Waals surface area contributed by atoms with Crippen molar-refractivity contribution in [3.8, 4) is 0 Å². The second-order valence-corrected chi connectivity index (χ2v) is 8.63. The maximum absolute atomic E-state index is 12.9. The van der Waals surface area contributed by atoms with Crippen molar-refractivity contribution in [1.82, 2.24) is 4.31 Å². The van der Waals surface area contributed by atoms with Gasteiger partial charge in [0.2, 0.25) is 10.0 Å². The third kappa shape index (κ3) is 4.31. The van der Waals surface area contributed by atoms with Crippen LogP contribution in [0.2, 0.25) is 5.02 Å². The molecule has 1 amide bonds. The van der Waals surface area contributed by atoms with Gasteiger partial charge in [0.15, 0.2) is 0 Å². The van der Waals surface area contributed by atoms with E-state index in [-0.39, 0.29) is 21.2 Å². The number of carbonyl (C=O) groups is 1. The largest absolute Gasteiger partial charge is 0.416 e. The van der Waals surface area contributed by atoms with Crippen molar-refractivity contribution in [1.29, 1.82) is 0 Å². The van der Waals surface area contributed by atoms with Gasteiger partial charge in [-0.1, -0.05) is 17.7 Å². The lowest BCUT2D eigenvalue weighted by atomic mass is 10.1. The minimum atomic E-state index is -4.59. The van der Waals surface area contributed by atoms with Crippen LogP contribution in [0.4, 0.5) is 18.9 Å². The van der Waals surface area contributed by atoms with Crippen molar-refractivity contribution in [2.24, 2.45) is 0 Å². The van der Waals surface area contributed by atoms with Crippen LogP contribution >= 0.6 is 11.6 Å². The third-order valence-electron chi connectivity index (χ3n) is 4.34. The fourth-order valence-corrected chi connectivity index (χ4v) is 4.60. The van der Waals surface area contributed by atoms with Crippen molar-refractivity contribution >= 4 is 33.2 Å². The maximum atomic E-state index is 12.9. The lowest BCUT2D eigenvalue weighted by molar-refractivity contribution is -0.137. The lowest BCUT2D eigenvalue weighted by Gasteiger charge is -2.16. The number of amides is 1. The molecule has 3 rings (SSSR count). The summed E-state index contributed by atoms with van der Waals surface area (Å²) in [5.74, 6) is -0.764. The van der Waals surface area contributed by atoms with Crippen molar-refractivity contribution in [2.75, 3.05) is 18.4 Å². The Morgan fingerprint density at radius 2 is 1.75 bits per heavy atom. The molecule has 0 bridgehead atoms. The van der Waals surface area contributed by atoms with Crippen LogP contribution in [0.1, 0.15) is 28.8 Å². The summed E-state index contributed by atoms with van der Waals surface area (Å²) in [5.41, 5.74) is -1.18. The molecule has 0 unspecified atom stereocenters. The van der Waals surface area contributed by atoms with Gasteiger partial charge in [0.25, 0.3) is 5.91 Å². The van der Waals surface area contributed by atoms with E-state index in [2.05, 4.69) is 5.32 Å². The van der Waals surface area contributed by atoms with E-state index in [0.29, 0.717) is 13.1 Å². The van der Waals surface area contributed by atoms with Gasteiger partial charge in [-0.3, -0.25) is 4.79 Å². The summed E-state index contributed by atoms with van der Waals surface area (Å²) < 4.78 is 65.2.